The first kappa shape index (κ1) is 20.2. The van der Waals surface area contributed by atoms with E-state index in [1.54, 1.807) is 0 Å². The average molecular weight is 413 g/mol. The van der Waals surface area contributed by atoms with Crippen LogP contribution in [-0.4, -0.2) is 10.8 Å². The fourth-order valence-electron chi connectivity index (χ4n) is 3.10. The first-order valence-electron chi connectivity index (χ1n) is 9.79. The molecule has 5 N–H and O–H groups in total. The second-order valence-corrected chi connectivity index (χ2v) is 6.86. The van der Waals surface area contributed by atoms with Crippen molar-refractivity contribution >= 4 is 16.7 Å². The Bertz CT molecular complexity index is 1170. The predicted molar refractivity (Wildman–Crippen MR) is 121 cm³/mol. The molecule has 0 aliphatic carbocycles. The Morgan fingerprint density at radius 3 is 2.19 bits per heavy atom. The number of hydrogen-bond donors (Lipinski definition) is 3. The number of rotatable bonds is 7. The molecule has 0 fully saturated rings. The van der Waals surface area contributed by atoms with Gasteiger partial charge in [-0.2, -0.15) is 5.10 Å². The van der Waals surface area contributed by atoms with Crippen LogP contribution < -0.4 is 26.6 Å². The number of hydrazone groups is 1. The number of aromatic nitrogens is 1. The third-order valence-electron chi connectivity index (χ3n) is 4.77. The van der Waals surface area contributed by atoms with Gasteiger partial charge >= 0.3 is 0 Å². The van der Waals surface area contributed by atoms with Crippen molar-refractivity contribution in [3.05, 3.63) is 102 Å². The maximum atomic E-state index is 5.87. The van der Waals surface area contributed by atoms with Crippen LogP contribution in [0.4, 0.5) is 0 Å². The Balaban J connectivity index is 1.30. The number of hydrogen-bond acceptors (Lipinski definition) is 6. The number of para-hydroxylation sites is 1. The van der Waals surface area contributed by atoms with Crippen LogP contribution >= 0.6 is 0 Å². The van der Waals surface area contributed by atoms with Crippen molar-refractivity contribution in [2.45, 2.75) is 13.2 Å². The molecular weight excluding hydrogens is 390 g/mol. The standard InChI is InChI=1S/C24H23N5O2/c25-28-24(29-26)19-8-13-22(14-9-19)30-15-17-5-11-21(12-6-17)31-16-20-10-7-18-3-1-2-4-23(18)27-20/h1-14H,15-16,25-26H2,(H,28,29). The molecular formula is C24H23N5O2. The van der Waals surface area contributed by atoms with E-state index in [1.165, 1.54) is 0 Å². The van der Waals surface area contributed by atoms with Gasteiger partial charge in [0.05, 0.1) is 11.2 Å². The Morgan fingerprint density at radius 2 is 1.48 bits per heavy atom. The molecule has 0 spiro atoms. The van der Waals surface area contributed by atoms with Gasteiger partial charge in [-0.1, -0.05) is 36.4 Å². The largest absolute Gasteiger partial charge is 0.489 e. The van der Waals surface area contributed by atoms with Crippen molar-refractivity contribution in [1.82, 2.24) is 10.4 Å². The molecule has 4 aromatic rings. The molecule has 0 saturated heterocycles. The number of nitrogens with zero attached hydrogens (tertiary/aromatic N) is 2. The number of benzene rings is 3. The maximum Gasteiger partial charge on any atom is 0.166 e. The van der Waals surface area contributed by atoms with Gasteiger partial charge in [0.2, 0.25) is 0 Å². The summed E-state index contributed by atoms with van der Waals surface area (Å²) in [5, 5.41) is 4.70. The van der Waals surface area contributed by atoms with E-state index < -0.39 is 0 Å². The number of hydrazine groups is 1. The summed E-state index contributed by atoms with van der Waals surface area (Å²) < 4.78 is 11.7. The van der Waals surface area contributed by atoms with Crippen molar-refractivity contribution in [1.29, 1.82) is 0 Å². The van der Waals surface area contributed by atoms with Gasteiger partial charge < -0.3 is 20.7 Å². The van der Waals surface area contributed by atoms with Crippen molar-refractivity contribution in [2.75, 3.05) is 0 Å². The Hall–Kier alpha value is -4.10. The van der Waals surface area contributed by atoms with Gasteiger partial charge in [-0.15, -0.1) is 0 Å². The van der Waals surface area contributed by atoms with Crippen LogP contribution in [-0.2, 0) is 13.2 Å². The van der Waals surface area contributed by atoms with Gasteiger partial charge in [0.1, 0.15) is 24.7 Å². The Morgan fingerprint density at radius 1 is 0.806 bits per heavy atom. The van der Waals surface area contributed by atoms with Gasteiger partial charge in [0.25, 0.3) is 0 Å². The summed E-state index contributed by atoms with van der Waals surface area (Å²) in [6.07, 6.45) is 0. The second kappa shape index (κ2) is 9.60. The zero-order valence-corrected chi connectivity index (χ0v) is 16.9. The Labute approximate surface area is 180 Å². The van der Waals surface area contributed by atoms with Crippen molar-refractivity contribution in [3.63, 3.8) is 0 Å². The lowest BCUT2D eigenvalue weighted by Gasteiger charge is -2.10. The fraction of sp³-hybridized carbons (Fsp3) is 0.0833. The molecule has 1 heterocycles. The van der Waals surface area contributed by atoms with Gasteiger partial charge in [-0.05, 0) is 54.1 Å². The van der Waals surface area contributed by atoms with E-state index in [2.05, 4.69) is 21.6 Å². The van der Waals surface area contributed by atoms with Gasteiger partial charge in [-0.3, -0.25) is 0 Å². The minimum absolute atomic E-state index is 0.404. The molecule has 31 heavy (non-hydrogen) atoms. The summed E-state index contributed by atoms with van der Waals surface area (Å²) >= 11 is 0. The van der Waals surface area contributed by atoms with E-state index in [9.17, 15) is 0 Å². The first-order valence-corrected chi connectivity index (χ1v) is 9.79. The van der Waals surface area contributed by atoms with E-state index in [0.29, 0.717) is 19.0 Å². The normalized spacial score (nSPS) is 11.3. The zero-order valence-electron chi connectivity index (χ0n) is 16.9. The smallest absolute Gasteiger partial charge is 0.166 e. The predicted octanol–water partition coefficient (Wildman–Crippen LogP) is 3.48. The topological polar surface area (TPSA) is 108 Å². The summed E-state index contributed by atoms with van der Waals surface area (Å²) in [4.78, 5) is 4.63. The first-order chi connectivity index (χ1) is 15.2. The highest BCUT2D eigenvalue weighted by molar-refractivity contribution is 5.98. The summed E-state index contributed by atoms with van der Waals surface area (Å²) in [7, 11) is 0. The number of nitrogens with one attached hydrogen (secondary N) is 1. The highest BCUT2D eigenvalue weighted by Crippen LogP contribution is 2.18. The van der Waals surface area contributed by atoms with E-state index in [0.717, 1.165) is 39.2 Å². The molecule has 4 rings (SSSR count). The van der Waals surface area contributed by atoms with E-state index >= 15 is 0 Å². The minimum atomic E-state index is 0.404. The van der Waals surface area contributed by atoms with Crippen LogP contribution in [0.3, 0.4) is 0 Å². The monoisotopic (exact) mass is 413 g/mol. The number of pyridine rings is 1. The summed E-state index contributed by atoms with van der Waals surface area (Å²) in [6, 6.07) is 27.3. The molecule has 0 aliphatic rings. The highest BCUT2D eigenvalue weighted by Gasteiger charge is 2.03. The van der Waals surface area contributed by atoms with E-state index in [1.807, 2.05) is 78.9 Å². The number of fused-ring (bicyclic) bond motifs is 1. The maximum absolute atomic E-state index is 5.87. The lowest BCUT2D eigenvalue weighted by Crippen LogP contribution is -2.31. The molecule has 0 aliphatic heterocycles. The van der Waals surface area contributed by atoms with Crippen molar-refractivity contribution < 1.29 is 9.47 Å². The lowest BCUT2D eigenvalue weighted by atomic mass is 10.2. The number of nitrogens with two attached hydrogens (primary N) is 2. The van der Waals surface area contributed by atoms with Crippen molar-refractivity contribution in [2.24, 2.45) is 16.8 Å². The molecule has 3 aromatic carbocycles. The van der Waals surface area contributed by atoms with Crippen LogP contribution in [0, 0.1) is 0 Å². The molecule has 7 heteroatoms. The van der Waals surface area contributed by atoms with Crippen LogP contribution in [0.2, 0.25) is 0 Å². The summed E-state index contributed by atoms with van der Waals surface area (Å²) in [6.45, 7) is 0.859. The second-order valence-electron chi connectivity index (χ2n) is 6.86. The molecule has 7 nitrogen and oxygen atoms in total. The molecule has 0 unspecified atom stereocenters. The third kappa shape index (κ3) is 5.09. The minimum Gasteiger partial charge on any atom is -0.489 e. The SMILES string of the molecule is NN=C(NN)c1ccc(OCc2ccc(OCc3ccc4ccccc4n3)cc2)cc1. The van der Waals surface area contributed by atoms with Crippen molar-refractivity contribution in [3.8, 4) is 11.5 Å². The number of amidine groups is 1. The molecule has 156 valence electrons. The molecule has 0 radical (unpaired) electrons. The molecule has 0 atom stereocenters. The van der Waals surface area contributed by atoms with Gasteiger partial charge in [0.15, 0.2) is 5.84 Å². The third-order valence-corrected chi connectivity index (χ3v) is 4.77. The molecule has 1 aromatic heterocycles. The Kier molecular flexibility index (Phi) is 6.25. The van der Waals surface area contributed by atoms with E-state index in [4.69, 9.17) is 21.2 Å². The van der Waals surface area contributed by atoms with E-state index in [-0.39, 0.29) is 0 Å². The molecule has 0 bridgehead atoms. The van der Waals surface area contributed by atoms with Crippen LogP contribution in [0.1, 0.15) is 16.8 Å². The quantitative estimate of drug-likeness (QED) is 0.185. The average Bonchev–Trinajstić information content (AvgIpc) is 2.83. The van der Waals surface area contributed by atoms with Crippen LogP contribution in [0.25, 0.3) is 10.9 Å². The molecule has 0 saturated carbocycles. The van der Waals surface area contributed by atoms with Crippen LogP contribution in [0.15, 0.2) is 90.0 Å². The summed E-state index contributed by atoms with van der Waals surface area (Å²) in [5.41, 5.74) is 6.12. The highest BCUT2D eigenvalue weighted by atomic mass is 16.5. The molecule has 0 amide bonds. The summed E-state index contributed by atoms with van der Waals surface area (Å²) in [5.74, 6) is 12.6. The fourth-order valence-corrected chi connectivity index (χ4v) is 3.10. The zero-order chi connectivity index (χ0) is 21.5. The van der Waals surface area contributed by atoms with Gasteiger partial charge in [-0.25, -0.2) is 10.8 Å². The number of ether oxygens (including phenoxy) is 2. The lowest BCUT2D eigenvalue weighted by molar-refractivity contribution is 0.298. The van der Waals surface area contributed by atoms with Crippen LogP contribution in [0.5, 0.6) is 11.5 Å². The van der Waals surface area contributed by atoms with Gasteiger partial charge in [0, 0.05) is 10.9 Å².